The average molecular weight is 493 g/mol. The van der Waals surface area contributed by atoms with E-state index in [1.165, 1.54) is 6.92 Å². The summed E-state index contributed by atoms with van der Waals surface area (Å²) in [5.74, 6) is -2.14. The summed E-state index contributed by atoms with van der Waals surface area (Å²) >= 11 is 7.47. The van der Waals surface area contributed by atoms with Crippen LogP contribution in [0.1, 0.15) is 60.3 Å². The normalized spacial score (nSPS) is 48.3. The van der Waals surface area contributed by atoms with Gasteiger partial charge in [0.2, 0.25) is 5.78 Å². The molecule has 8 atom stereocenters. The van der Waals surface area contributed by atoms with Gasteiger partial charge in [0.15, 0.2) is 23.8 Å². The Morgan fingerprint density at radius 1 is 1.24 bits per heavy atom. The summed E-state index contributed by atoms with van der Waals surface area (Å²) in [6, 6.07) is 0. The fourth-order valence-corrected chi connectivity index (χ4v) is 8.61. The molecule has 34 heavy (non-hydrogen) atoms. The highest BCUT2D eigenvalue weighted by molar-refractivity contribution is 6.26. The first-order chi connectivity index (χ1) is 15.7. The molecule has 0 aromatic rings. The molecular formula is C26H33ClO7. The van der Waals surface area contributed by atoms with Gasteiger partial charge in [-0.2, -0.15) is 0 Å². The first-order valence-electron chi connectivity index (χ1n) is 12.1. The predicted molar refractivity (Wildman–Crippen MR) is 123 cm³/mol. The molecule has 1 aliphatic heterocycles. The number of carbonyl (C=O) groups excluding carboxylic acids is 3. The van der Waals surface area contributed by atoms with Crippen LogP contribution in [-0.2, 0) is 28.6 Å². The molecule has 8 unspecified atom stereocenters. The third-order valence-corrected chi connectivity index (χ3v) is 10.4. The Kier molecular flexibility index (Phi) is 5.15. The Bertz CT molecular complexity index is 1030. The minimum absolute atomic E-state index is 0.0595. The van der Waals surface area contributed by atoms with Crippen LogP contribution < -0.4 is 0 Å². The topological polar surface area (TPSA) is 99.1 Å². The zero-order chi connectivity index (χ0) is 24.9. The number of aliphatic hydroxyl groups is 1. The molecule has 5 aliphatic rings. The predicted octanol–water partition coefficient (Wildman–Crippen LogP) is 3.26. The van der Waals surface area contributed by atoms with Crippen molar-refractivity contribution in [2.45, 2.75) is 88.8 Å². The molecule has 0 radical (unpaired) electrons. The first kappa shape index (κ1) is 24.2. The summed E-state index contributed by atoms with van der Waals surface area (Å²) in [5, 5.41) is 11.7. The summed E-state index contributed by atoms with van der Waals surface area (Å²) < 4.78 is 17.8. The Balaban J connectivity index is 1.60. The molecule has 1 saturated heterocycles. The number of alkyl halides is 1. The smallest absolute Gasteiger partial charge is 0.303 e. The number of ketones is 2. The van der Waals surface area contributed by atoms with Crippen molar-refractivity contribution >= 4 is 29.1 Å². The molecule has 5 rings (SSSR count). The SMILES string of the molecule is CC(=O)OCC(=O)C12OC(C)(C)OC1CC1C3CCC4=CC(=O)C=CC4(C)C3(Cl)C(O)CC12C. The van der Waals surface area contributed by atoms with Gasteiger partial charge in [-0.15, -0.1) is 11.6 Å². The summed E-state index contributed by atoms with van der Waals surface area (Å²) in [5.41, 5.74) is -1.87. The van der Waals surface area contributed by atoms with Gasteiger partial charge in [-0.05, 0) is 63.5 Å². The zero-order valence-electron chi connectivity index (χ0n) is 20.4. The number of rotatable bonds is 3. The lowest BCUT2D eigenvalue weighted by Crippen LogP contribution is -2.69. The van der Waals surface area contributed by atoms with Crippen LogP contribution in [0.4, 0.5) is 0 Å². The van der Waals surface area contributed by atoms with E-state index in [4.69, 9.17) is 25.8 Å². The summed E-state index contributed by atoms with van der Waals surface area (Å²) in [4.78, 5) is 36.2. The molecule has 186 valence electrons. The minimum atomic E-state index is -1.36. The van der Waals surface area contributed by atoms with Crippen molar-refractivity contribution in [1.82, 2.24) is 0 Å². The largest absolute Gasteiger partial charge is 0.458 e. The fourth-order valence-electron chi connectivity index (χ4n) is 8.08. The lowest BCUT2D eigenvalue weighted by atomic mass is 9.45. The van der Waals surface area contributed by atoms with Gasteiger partial charge in [0.1, 0.15) is 0 Å². The molecule has 4 fully saturated rings. The van der Waals surface area contributed by atoms with E-state index in [1.807, 2.05) is 19.9 Å². The second-order valence-corrected chi connectivity index (χ2v) is 12.2. The molecular weight excluding hydrogens is 460 g/mol. The highest BCUT2D eigenvalue weighted by atomic mass is 35.5. The van der Waals surface area contributed by atoms with Crippen molar-refractivity contribution in [3.05, 3.63) is 23.8 Å². The van der Waals surface area contributed by atoms with Gasteiger partial charge in [0, 0.05) is 17.8 Å². The third-order valence-electron chi connectivity index (χ3n) is 9.45. The number of aliphatic hydroxyl groups excluding tert-OH is 1. The van der Waals surface area contributed by atoms with Crippen LogP contribution in [0.2, 0.25) is 0 Å². The van der Waals surface area contributed by atoms with E-state index >= 15 is 0 Å². The fraction of sp³-hybridized carbons (Fsp3) is 0.731. The lowest BCUT2D eigenvalue weighted by Gasteiger charge is -2.64. The molecule has 7 nitrogen and oxygen atoms in total. The molecule has 0 amide bonds. The number of hydrogen-bond acceptors (Lipinski definition) is 7. The van der Waals surface area contributed by atoms with Crippen LogP contribution in [0, 0.1) is 22.7 Å². The van der Waals surface area contributed by atoms with Crippen LogP contribution in [0.25, 0.3) is 0 Å². The third kappa shape index (κ3) is 2.84. The minimum Gasteiger partial charge on any atom is -0.458 e. The summed E-state index contributed by atoms with van der Waals surface area (Å²) in [6.07, 6.45) is 5.70. The van der Waals surface area contributed by atoms with Crippen molar-refractivity contribution < 1.29 is 33.7 Å². The molecule has 0 aromatic heterocycles. The van der Waals surface area contributed by atoms with Gasteiger partial charge in [-0.25, -0.2) is 0 Å². The highest BCUT2D eigenvalue weighted by Crippen LogP contribution is 2.72. The number of ether oxygens (including phenoxy) is 3. The Hall–Kier alpha value is -1.54. The van der Waals surface area contributed by atoms with Crippen LogP contribution in [0.3, 0.4) is 0 Å². The Labute approximate surface area is 204 Å². The molecule has 4 aliphatic carbocycles. The van der Waals surface area contributed by atoms with Crippen molar-refractivity contribution in [1.29, 1.82) is 0 Å². The highest BCUT2D eigenvalue weighted by Gasteiger charge is 2.79. The number of fused-ring (bicyclic) bond motifs is 7. The Morgan fingerprint density at radius 2 is 1.94 bits per heavy atom. The molecule has 3 saturated carbocycles. The van der Waals surface area contributed by atoms with Crippen molar-refractivity contribution in [2.75, 3.05) is 6.61 Å². The first-order valence-corrected chi connectivity index (χ1v) is 12.4. The standard InChI is InChI=1S/C26H33ClO7/c1-14(28)32-13-20(31)26-21(33-22(2,3)34-26)11-18-17-7-6-15-10-16(29)8-9-23(15,4)25(17,27)19(30)12-24(18,26)5/h8-10,17-19,21,30H,6-7,11-13H2,1-5H3. The van der Waals surface area contributed by atoms with Crippen molar-refractivity contribution in [3.8, 4) is 0 Å². The number of hydrogen-bond donors (Lipinski definition) is 1. The second-order valence-electron chi connectivity index (χ2n) is 11.5. The van der Waals surface area contributed by atoms with Crippen LogP contribution >= 0.6 is 11.6 Å². The summed E-state index contributed by atoms with van der Waals surface area (Å²) in [7, 11) is 0. The Morgan fingerprint density at radius 3 is 2.62 bits per heavy atom. The molecule has 0 aromatic carbocycles. The van der Waals surface area contributed by atoms with E-state index in [0.717, 1.165) is 5.57 Å². The number of Topliss-reactive ketones (excluding diaryl/α,β-unsaturated/α-hetero) is 1. The second kappa shape index (κ2) is 7.25. The number of allylic oxidation sites excluding steroid dienone is 4. The lowest BCUT2D eigenvalue weighted by molar-refractivity contribution is -0.223. The zero-order valence-corrected chi connectivity index (χ0v) is 21.1. The van der Waals surface area contributed by atoms with Gasteiger partial charge >= 0.3 is 5.97 Å². The maximum Gasteiger partial charge on any atom is 0.303 e. The molecule has 0 spiro atoms. The maximum atomic E-state index is 13.7. The van der Waals surface area contributed by atoms with E-state index in [9.17, 15) is 19.5 Å². The van der Waals surface area contributed by atoms with Crippen LogP contribution in [-0.4, -0.2) is 57.7 Å². The van der Waals surface area contributed by atoms with Crippen LogP contribution in [0.15, 0.2) is 23.8 Å². The number of carbonyl (C=O) groups is 3. The number of halogens is 1. The van der Waals surface area contributed by atoms with Crippen molar-refractivity contribution in [3.63, 3.8) is 0 Å². The molecule has 1 heterocycles. The molecule has 1 N–H and O–H groups in total. The van der Waals surface area contributed by atoms with Gasteiger partial charge in [0.05, 0.1) is 17.1 Å². The quantitative estimate of drug-likeness (QED) is 0.477. The average Bonchev–Trinajstić information content (AvgIpc) is 3.14. The van der Waals surface area contributed by atoms with E-state index in [1.54, 1.807) is 26.0 Å². The van der Waals surface area contributed by atoms with Crippen molar-refractivity contribution in [2.24, 2.45) is 22.7 Å². The van der Waals surface area contributed by atoms with E-state index in [0.29, 0.717) is 19.3 Å². The molecule has 0 bridgehead atoms. The monoisotopic (exact) mass is 492 g/mol. The van der Waals surface area contributed by atoms with E-state index in [-0.39, 0.29) is 29.8 Å². The van der Waals surface area contributed by atoms with Gasteiger partial charge in [-0.1, -0.05) is 25.5 Å². The molecule has 8 heteroatoms. The van der Waals surface area contributed by atoms with Gasteiger partial charge < -0.3 is 19.3 Å². The van der Waals surface area contributed by atoms with E-state index < -0.39 is 51.9 Å². The van der Waals surface area contributed by atoms with Gasteiger partial charge in [0.25, 0.3) is 0 Å². The number of esters is 1. The van der Waals surface area contributed by atoms with Crippen LogP contribution in [0.5, 0.6) is 0 Å². The van der Waals surface area contributed by atoms with Gasteiger partial charge in [-0.3, -0.25) is 14.4 Å². The maximum absolute atomic E-state index is 13.7. The van der Waals surface area contributed by atoms with E-state index in [2.05, 4.69) is 0 Å². The summed E-state index contributed by atoms with van der Waals surface area (Å²) in [6.45, 7) is 8.40.